The minimum atomic E-state index is -4.02. The third-order valence-electron chi connectivity index (χ3n) is 6.67. The Morgan fingerprint density at radius 1 is 1.19 bits per heavy atom. The number of amides is 1. The number of rotatable bonds is 7. The maximum atomic E-state index is 13.7. The van der Waals surface area contributed by atoms with E-state index in [1.165, 1.54) is 18.3 Å². The van der Waals surface area contributed by atoms with Gasteiger partial charge >= 0.3 is 0 Å². The Morgan fingerprint density at radius 2 is 1.81 bits per heavy atom. The van der Waals surface area contributed by atoms with Crippen LogP contribution in [0.15, 0.2) is 40.4 Å². The molecule has 0 heterocycles. The van der Waals surface area contributed by atoms with Gasteiger partial charge < -0.3 is 15.3 Å². The summed E-state index contributed by atoms with van der Waals surface area (Å²) in [5.74, 6) is -6.21. The maximum Gasteiger partial charge on any atom is 0.255 e. The quantitative estimate of drug-likeness (QED) is 0.298. The van der Waals surface area contributed by atoms with E-state index in [1.807, 2.05) is 0 Å². The predicted molar refractivity (Wildman–Crippen MR) is 127 cm³/mol. The van der Waals surface area contributed by atoms with E-state index in [-0.39, 0.29) is 45.8 Å². The van der Waals surface area contributed by atoms with Gasteiger partial charge in [0.2, 0.25) is 0 Å². The molecule has 7 nitrogen and oxygen atoms in total. The highest BCUT2D eigenvalue weighted by molar-refractivity contribution is 7.92. The van der Waals surface area contributed by atoms with Crippen molar-refractivity contribution < 1.29 is 36.3 Å². The monoisotopic (exact) mass is 544 g/mol. The van der Waals surface area contributed by atoms with Gasteiger partial charge in [-0.3, -0.25) is 4.79 Å². The molecule has 0 radical (unpaired) electrons. The number of nitrogens with one attached hydrogen (secondary N) is 1. The van der Waals surface area contributed by atoms with Gasteiger partial charge in [0, 0.05) is 23.4 Å². The molecule has 2 aromatic rings. The van der Waals surface area contributed by atoms with Crippen LogP contribution in [0.4, 0.5) is 18.9 Å². The molecule has 2 unspecified atom stereocenters. The molecule has 0 aromatic heterocycles. The number of nitrogens with zero attached hydrogens (tertiary/aromatic N) is 1. The zero-order valence-electron chi connectivity index (χ0n) is 19.2. The lowest BCUT2D eigenvalue weighted by molar-refractivity contribution is 0.0426. The van der Waals surface area contributed by atoms with Crippen molar-refractivity contribution in [2.75, 3.05) is 11.9 Å². The number of carbonyl (C=O) groups excluding carboxylic acids is 1. The zero-order valence-corrected chi connectivity index (χ0v) is 20.8. The van der Waals surface area contributed by atoms with Crippen molar-refractivity contribution in [3.63, 3.8) is 0 Å². The van der Waals surface area contributed by atoms with Crippen LogP contribution in [0.25, 0.3) is 0 Å². The van der Waals surface area contributed by atoms with Gasteiger partial charge in [-0.2, -0.15) is 0 Å². The summed E-state index contributed by atoms with van der Waals surface area (Å²) in [7, 11) is -4.02. The number of aliphatic hydroxyl groups is 1. The number of hydrogen-bond acceptors (Lipinski definition) is 6. The summed E-state index contributed by atoms with van der Waals surface area (Å²) in [5, 5.41) is 16.0. The third kappa shape index (κ3) is 5.09. The summed E-state index contributed by atoms with van der Waals surface area (Å²) < 4.78 is 67.6. The Balaban J connectivity index is 1.59. The number of anilines is 1. The lowest BCUT2D eigenvalue weighted by Crippen LogP contribution is -2.47. The van der Waals surface area contributed by atoms with Gasteiger partial charge in [0.1, 0.15) is 12.2 Å². The highest BCUT2D eigenvalue weighted by Crippen LogP contribution is 2.51. The van der Waals surface area contributed by atoms with Gasteiger partial charge in [-0.15, -0.1) is 0 Å². The maximum absolute atomic E-state index is 13.7. The summed E-state index contributed by atoms with van der Waals surface area (Å²) in [6, 6.07) is 4.86. The van der Waals surface area contributed by atoms with Crippen LogP contribution >= 0.6 is 11.6 Å². The van der Waals surface area contributed by atoms with Gasteiger partial charge in [-0.25, -0.2) is 21.6 Å². The molecule has 1 amide bonds. The molecule has 2 N–H and O–H groups in total. The highest BCUT2D eigenvalue weighted by atomic mass is 35.5. The number of sulfone groups is 1. The van der Waals surface area contributed by atoms with Gasteiger partial charge in [0.15, 0.2) is 27.3 Å². The lowest BCUT2D eigenvalue weighted by atomic mass is 9.78. The van der Waals surface area contributed by atoms with Crippen LogP contribution < -0.4 is 5.32 Å². The van der Waals surface area contributed by atoms with Crippen molar-refractivity contribution in [2.45, 2.75) is 48.4 Å². The van der Waals surface area contributed by atoms with Gasteiger partial charge in [-0.1, -0.05) is 16.8 Å². The minimum Gasteiger partial charge on any atom is -0.396 e. The number of carbonyl (C=O) groups is 1. The SMILES string of the molecule is CCO/N=C/[C@]1(O)CC2CC[C@@H](C1)C2S(=O)(=O)c1cc(C(=O)Nc2cc(F)c(F)c(F)c2)ccc1Cl. The number of hydrogen-bond donors (Lipinski definition) is 2. The first-order chi connectivity index (χ1) is 16.9. The van der Waals surface area contributed by atoms with Crippen molar-refractivity contribution in [3.05, 3.63) is 58.4 Å². The van der Waals surface area contributed by atoms with Crippen molar-refractivity contribution >= 4 is 39.2 Å². The van der Waals surface area contributed by atoms with Crippen LogP contribution in [0.3, 0.4) is 0 Å². The van der Waals surface area contributed by atoms with Gasteiger partial charge in [-0.05, 0) is 62.6 Å². The molecule has 194 valence electrons. The van der Waals surface area contributed by atoms with Crippen LogP contribution in [0.5, 0.6) is 0 Å². The van der Waals surface area contributed by atoms with Gasteiger partial charge in [0.05, 0.1) is 21.4 Å². The smallest absolute Gasteiger partial charge is 0.255 e. The summed E-state index contributed by atoms with van der Waals surface area (Å²) in [5.41, 5.74) is -1.74. The van der Waals surface area contributed by atoms with Crippen molar-refractivity contribution in [1.29, 1.82) is 0 Å². The second-order valence-corrected chi connectivity index (χ2v) is 11.6. The highest BCUT2D eigenvalue weighted by Gasteiger charge is 2.54. The standard InChI is InChI=1S/C24H24ClF3N2O5S/c1-2-35-29-12-24(32)10-14-3-4-15(11-24)22(14)36(33,34)20-7-13(5-6-17(20)25)23(31)30-16-8-18(26)21(28)19(27)9-16/h5-9,12,14-15,22,32H,2-4,10-11H2,1H3,(H,30,31)/b29-12+/t14-,15?,22?,24+/m0/s1. The van der Waals surface area contributed by atoms with Crippen LogP contribution in [-0.2, 0) is 14.7 Å². The lowest BCUT2D eigenvalue weighted by Gasteiger charge is -2.38. The molecular weight excluding hydrogens is 521 g/mol. The summed E-state index contributed by atoms with van der Waals surface area (Å²) in [6.07, 6.45) is 2.88. The summed E-state index contributed by atoms with van der Waals surface area (Å²) in [6.45, 7) is 2.09. The molecule has 36 heavy (non-hydrogen) atoms. The van der Waals surface area contributed by atoms with E-state index in [0.717, 1.165) is 6.07 Å². The molecule has 4 rings (SSSR count). The normalized spacial score (nSPS) is 25.8. The molecule has 0 aliphatic heterocycles. The third-order valence-corrected chi connectivity index (χ3v) is 9.54. The largest absolute Gasteiger partial charge is 0.396 e. The Labute approximate surface area is 211 Å². The van der Waals surface area contributed by atoms with Crippen LogP contribution in [-0.4, -0.2) is 43.1 Å². The molecule has 2 aromatic carbocycles. The van der Waals surface area contributed by atoms with E-state index in [4.69, 9.17) is 16.4 Å². The average Bonchev–Trinajstić information content (AvgIpc) is 3.11. The van der Waals surface area contributed by atoms with Gasteiger partial charge in [0.25, 0.3) is 5.91 Å². The van der Waals surface area contributed by atoms with Crippen LogP contribution in [0.1, 0.15) is 43.0 Å². The van der Waals surface area contributed by atoms with Crippen LogP contribution in [0.2, 0.25) is 5.02 Å². The van der Waals surface area contributed by atoms with E-state index in [2.05, 4.69) is 10.5 Å². The van der Waals surface area contributed by atoms with E-state index in [0.29, 0.717) is 31.6 Å². The van der Waals surface area contributed by atoms with E-state index in [1.54, 1.807) is 6.92 Å². The number of fused-ring (bicyclic) bond motifs is 2. The first-order valence-electron chi connectivity index (χ1n) is 11.3. The molecule has 12 heteroatoms. The van der Waals surface area contributed by atoms with Crippen molar-refractivity contribution in [1.82, 2.24) is 0 Å². The predicted octanol–water partition coefficient (Wildman–Crippen LogP) is 4.73. The molecule has 4 atom stereocenters. The van der Waals surface area contributed by atoms with E-state index in [9.17, 15) is 31.5 Å². The van der Waals surface area contributed by atoms with Crippen LogP contribution in [0, 0.1) is 29.3 Å². The molecule has 2 saturated carbocycles. The summed E-state index contributed by atoms with van der Waals surface area (Å²) in [4.78, 5) is 17.4. The molecule has 2 bridgehead atoms. The molecular formula is C24H24ClF3N2O5S. The molecule has 0 saturated heterocycles. The number of oxime groups is 1. The number of benzene rings is 2. The number of halogens is 4. The molecule has 2 fully saturated rings. The van der Waals surface area contributed by atoms with Crippen molar-refractivity contribution in [2.24, 2.45) is 17.0 Å². The zero-order chi connectivity index (χ0) is 26.3. The average molecular weight is 545 g/mol. The molecule has 2 aliphatic carbocycles. The Bertz CT molecular complexity index is 1280. The second kappa shape index (κ2) is 10.0. The molecule has 0 spiro atoms. The fraction of sp³-hybridized carbons (Fsp3) is 0.417. The fourth-order valence-corrected chi connectivity index (χ4v) is 8.07. The van der Waals surface area contributed by atoms with Crippen molar-refractivity contribution in [3.8, 4) is 0 Å². The Morgan fingerprint density at radius 3 is 2.39 bits per heavy atom. The first kappa shape index (κ1) is 26.4. The topological polar surface area (TPSA) is 105 Å². The minimum absolute atomic E-state index is 0.0800. The van der Waals surface area contributed by atoms with E-state index < -0.39 is 44.0 Å². The second-order valence-electron chi connectivity index (χ2n) is 9.12. The molecule has 2 aliphatic rings. The Kier molecular flexibility index (Phi) is 7.36. The fourth-order valence-electron chi connectivity index (χ4n) is 5.23. The summed E-state index contributed by atoms with van der Waals surface area (Å²) >= 11 is 6.24. The first-order valence-corrected chi connectivity index (χ1v) is 13.3. The van der Waals surface area contributed by atoms with E-state index >= 15 is 0 Å². The Hall–Kier alpha value is -2.63.